The average molecular weight is 403 g/mol. The summed E-state index contributed by atoms with van der Waals surface area (Å²) in [5.41, 5.74) is 3.94. The maximum atomic E-state index is 13.4. The van der Waals surface area contributed by atoms with Crippen LogP contribution in [0.5, 0.6) is 11.5 Å². The first-order valence-electron chi connectivity index (χ1n) is 9.91. The van der Waals surface area contributed by atoms with Gasteiger partial charge in [-0.3, -0.25) is 9.59 Å². The van der Waals surface area contributed by atoms with Crippen molar-refractivity contribution in [2.75, 3.05) is 18.5 Å². The van der Waals surface area contributed by atoms with Gasteiger partial charge in [0.15, 0.2) is 17.3 Å². The molecule has 2 aliphatic rings. The third kappa shape index (κ3) is 3.03. The van der Waals surface area contributed by atoms with Crippen LogP contribution in [0, 0.1) is 13.8 Å². The summed E-state index contributed by atoms with van der Waals surface area (Å²) >= 11 is 0. The molecule has 5 rings (SSSR count). The molecule has 3 heterocycles. The summed E-state index contributed by atoms with van der Waals surface area (Å²) in [6.45, 7) is 4.81. The number of aromatic nitrogens is 2. The van der Waals surface area contributed by atoms with Crippen LogP contribution in [-0.4, -0.2) is 34.7 Å². The van der Waals surface area contributed by atoms with Gasteiger partial charge in [0.25, 0.3) is 0 Å². The number of aryl methyl sites for hydroxylation is 2. The minimum atomic E-state index is -0.601. The smallest absolute Gasteiger partial charge is 0.226 e. The predicted molar refractivity (Wildman–Crippen MR) is 111 cm³/mol. The standard InChI is InChI=1S/C23H21N3O4/c1-13-3-6-16(7-4-13)26-23-21(14(2)25-26)17(12-20(27)24-23)22(28)15-5-8-18-19(11-15)30-10-9-29-18/h3-8,11,17H,9-10,12H2,1-2H3,(H,24,27)/t17-/m1/s1. The highest BCUT2D eigenvalue weighted by Gasteiger charge is 2.36. The Kier molecular flexibility index (Phi) is 4.31. The highest BCUT2D eigenvalue weighted by Crippen LogP contribution is 2.39. The molecule has 7 heteroatoms. The number of nitrogens with zero attached hydrogens (tertiary/aromatic N) is 2. The fourth-order valence-corrected chi connectivity index (χ4v) is 4.04. The van der Waals surface area contributed by atoms with Crippen molar-refractivity contribution in [1.82, 2.24) is 9.78 Å². The third-order valence-corrected chi connectivity index (χ3v) is 5.52. The molecule has 0 unspecified atom stereocenters. The number of ether oxygens (including phenoxy) is 2. The van der Waals surface area contributed by atoms with E-state index in [9.17, 15) is 9.59 Å². The van der Waals surface area contributed by atoms with E-state index in [1.807, 2.05) is 38.1 Å². The summed E-state index contributed by atoms with van der Waals surface area (Å²) in [5.74, 6) is 0.809. The van der Waals surface area contributed by atoms with E-state index in [4.69, 9.17) is 9.47 Å². The summed E-state index contributed by atoms with van der Waals surface area (Å²) in [7, 11) is 0. The zero-order chi connectivity index (χ0) is 20.8. The molecule has 0 spiro atoms. The van der Waals surface area contributed by atoms with Gasteiger partial charge in [-0.15, -0.1) is 0 Å². The number of anilines is 1. The van der Waals surface area contributed by atoms with Crippen molar-refractivity contribution < 1.29 is 19.1 Å². The topological polar surface area (TPSA) is 82.5 Å². The summed E-state index contributed by atoms with van der Waals surface area (Å²) in [6, 6.07) is 13.0. The lowest BCUT2D eigenvalue weighted by atomic mass is 9.85. The molecule has 0 aliphatic carbocycles. The summed E-state index contributed by atoms with van der Waals surface area (Å²) in [5, 5.41) is 7.54. The van der Waals surface area contributed by atoms with Crippen molar-refractivity contribution in [2.24, 2.45) is 0 Å². The van der Waals surface area contributed by atoms with Crippen molar-refractivity contribution in [3.05, 3.63) is 64.8 Å². The number of hydrogen-bond donors (Lipinski definition) is 1. The Morgan fingerprint density at radius 2 is 1.80 bits per heavy atom. The van der Waals surface area contributed by atoms with Crippen LogP contribution in [0.4, 0.5) is 5.82 Å². The predicted octanol–water partition coefficient (Wildman–Crippen LogP) is 3.57. The molecule has 1 aromatic heterocycles. The van der Waals surface area contributed by atoms with Gasteiger partial charge in [0, 0.05) is 17.5 Å². The summed E-state index contributed by atoms with van der Waals surface area (Å²) in [6.07, 6.45) is 0.0840. The molecule has 0 saturated carbocycles. The molecular weight excluding hydrogens is 382 g/mol. The molecule has 1 atom stereocenters. The van der Waals surface area contributed by atoms with Crippen molar-refractivity contribution >= 4 is 17.5 Å². The monoisotopic (exact) mass is 403 g/mol. The minimum absolute atomic E-state index is 0.0840. The first-order valence-corrected chi connectivity index (χ1v) is 9.91. The van der Waals surface area contributed by atoms with Crippen LogP contribution in [-0.2, 0) is 4.79 Å². The first kappa shape index (κ1) is 18.4. The number of fused-ring (bicyclic) bond motifs is 2. The van der Waals surface area contributed by atoms with Gasteiger partial charge in [0.1, 0.15) is 19.0 Å². The van der Waals surface area contributed by atoms with Crippen LogP contribution in [0.2, 0.25) is 0 Å². The zero-order valence-corrected chi connectivity index (χ0v) is 16.8. The fraction of sp³-hybridized carbons (Fsp3) is 0.261. The Morgan fingerprint density at radius 1 is 1.07 bits per heavy atom. The molecular formula is C23H21N3O4. The first-order chi connectivity index (χ1) is 14.5. The van der Waals surface area contributed by atoms with E-state index in [2.05, 4.69) is 10.4 Å². The lowest BCUT2D eigenvalue weighted by molar-refractivity contribution is -0.116. The molecule has 0 saturated heterocycles. The van der Waals surface area contributed by atoms with Gasteiger partial charge < -0.3 is 14.8 Å². The lowest BCUT2D eigenvalue weighted by Gasteiger charge is -2.24. The molecule has 30 heavy (non-hydrogen) atoms. The Morgan fingerprint density at radius 3 is 2.57 bits per heavy atom. The van der Waals surface area contributed by atoms with Crippen LogP contribution < -0.4 is 14.8 Å². The quantitative estimate of drug-likeness (QED) is 0.676. The van der Waals surface area contributed by atoms with Crippen LogP contribution in [0.3, 0.4) is 0 Å². The molecule has 2 aliphatic heterocycles. The highest BCUT2D eigenvalue weighted by molar-refractivity contribution is 6.08. The number of hydrogen-bond acceptors (Lipinski definition) is 5. The van der Waals surface area contributed by atoms with Crippen LogP contribution in [0.1, 0.15) is 39.5 Å². The molecule has 1 amide bonds. The van der Waals surface area contributed by atoms with Crippen molar-refractivity contribution in [3.8, 4) is 17.2 Å². The van der Waals surface area contributed by atoms with E-state index < -0.39 is 5.92 Å². The Balaban J connectivity index is 1.56. The molecule has 3 aromatic rings. The largest absolute Gasteiger partial charge is 0.486 e. The number of ketones is 1. The number of nitrogens with one attached hydrogen (secondary N) is 1. The van der Waals surface area contributed by atoms with Gasteiger partial charge in [0.05, 0.1) is 17.3 Å². The SMILES string of the molecule is Cc1ccc(-n2nc(C)c3c2NC(=O)C[C@H]3C(=O)c2ccc3c(c2)OCCO3)cc1. The van der Waals surface area contributed by atoms with Crippen molar-refractivity contribution in [1.29, 1.82) is 0 Å². The second kappa shape index (κ2) is 7.02. The van der Waals surface area contributed by atoms with Gasteiger partial charge >= 0.3 is 0 Å². The summed E-state index contributed by atoms with van der Waals surface area (Å²) < 4.78 is 12.9. The fourth-order valence-electron chi connectivity index (χ4n) is 4.04. The second-order valence-electron chi connectivity index (χ2n) is 7.62. The molecule has 0 bridgehead atoms. The van der Waals surface area contributed by atoms with E-state index in [-0.39, 0.29) is 18.1 Å². The maximum absolute atomic E-state index is 13.4. The van der Waals surface area contributed by atoms with Crippen LogP contribution >= 0.6 is 0 Å². The average Bonchev–Trinajstić information content (AvgIpc) is 3.09. The number of carbonyl (C=O) groups excluding carboxylic acids is 2. The molecule has 0 fully saturated rings. The van der Waals surface area contributed by atoms with Gasteiger partial charge in [0.2, 0.25) is 5.91 Å². The summed E-state index contributed by atoms with van der Waals surface area (Å²) in [4.78, 5) is 25.9. The Labute approximate surface area is 173 Å². The number of rotatable bonds is 3. The van der Waals surface area contributed by atoms with Gasteiger partial charge in [-0.25, -0.2) is 4.68 Å². The number of benzene rings is 2. The molecule has 2 aromatic carbocycles. The third-order valence-electron chi connectivity index (χ3n) is 5.52. The van der Waals surface area contributed by atoms with Crippen LogP contribution in [0.15, 0.2) is 42.5 Å². The lowest BCUT2D eigenvalue weighted by Crippen LogP contribution is -2.28. The highest BCUT2D eigenvalue weighted by atomic mass is 16.6. The van der Waals surface area contributed by atoms with Gasteiger partial charge in [-0.1, -0.05) is 17.7 Å². The zero-order valence-electron chi connectivity index (χ0n) is 16.8. The number of Topliss-reactive ketones (excluding diaryl/α,β-unsaturated/α-hetero) is 1. The number of amides is 1. The minimum Gasteiger partial charge on any atom is -0.486 e. The number of carbonyl (C=O) groups is 2. The van der Waals surface area contributed by atoms with E-state index in [1.54, 1.807) is 22.9 Å². The van der Waals surface area contributed by atoms with Gasteiger partial charge in [-0.2, -0.15) is 5.10 Å². The maximum Gasteiger partial charge on any atom is 0.226 e. The van der Waals surface area contributed by atoms with E-state index in [0.29, 0.717) is 36.1 Å². The Hall–Kier alpha value is -3.61. The molecule has 0 radical (unpaired) electrons. The molecule has 1 N–H and O–H groups in total. The van der Waals surface area contributed by atoms with Crippen LogP contribution in [0.25, 0.3) is 5.69 Å². The molecule has 7 nitrogen and oxygen atoms in total. The van der Waals surface area contributed by atoms with Crippen molar-refractivity contribution in [3.63, 3.8) is 0 Å². The normalized spacial score (nSPS) is 17.3. The van der Waals surface area contributed by atoms with Gasteiger partial charge in [-0.05, 0) is 44.2 Å². The van der Waals surface area contributed by atoms with E-state index in [0.717, 1.165) is 22.5 Å². The van der Waals surface area contributed by atoms with E-state index >= 15 is 0 Å². The second-order valence-corrected chi connectivity index (χ2v) is 7.62. The Bertz CT molecular complexity index is 1160. The van der Waals surface area contributed by atoms with Crippen molar-refractivity contribution in [2.45, 2.75) is 26.2 Å². The molecule has 152 valence electrons. The van der Waals surface area contributed by atoms with E-state index in [1.165, 1.54) is 0 Å².